The van der Waals surface area contributed by atoms with Crippen LogP contribution in [-0.2, 0) is 17.6 Å². The molecule has 1 atom stereocenters. The van der Waals surface area contributed by atoms with Crippen molar-refractivity contribution in [3.05, 3.63) is 47.4 Å². The first-order chi connectivity index (χ1) is 17.6. The number of anilines is 4. The number of imidazole rings is 1. The van der Waals surface area contributed by atoms with Crippen molar-refractivity contribution in [2.75, 3.05) is 22.1 Å². The summed E-state index contributed by atoms with van der Waals surface area (Å²) in [5.74, 6) is 1.84. The first-order valence-corrected chi connectivity index (χ1v) is 13.0. The van der Waals surface area contributed by atoms with E-state index in [9.17, 15) is 9.18 Å². The molecule has 1 amide bonds. The van der Waals surface area contributed by atoms with E-state index < -0.39 is 12.0 Å². The standard InChI is InChI=1S/C26H31FN8O/c27-22-12-11-17(14-28-22)30-24(36)21-10-5-13-35(21)26-32-19-9-4-8-18(19)23(34-26)33-25-29-15-20(31-25)16-6-2-1-3-7-16/h11-12,14-16,21H,1-10,13H2,(H,30,36)(H2,29,31,32,33,34)/t21-/m0/s1. The fraction of sp³-hybridized carbons (Fsp3) is 0.500. The molecule has 0 unspecified atom stereocenters. The lowest BCUT2D eigenvalue weighted by atomic mass is 9.87. The normalized spacial score (nSPS) is 19.9. The SMILES string of the molecule is O=C(Nc1ccc(F)nc1)[C@@H]1CCCN1c1nc2c(c(Nc3ncc(C4CCCCC4)[nH]3)n1)CCC2. The fourth-order valence-corrected chi connectivity index (χ4v) is 5.74. The van der Waals surface area contributed by atoms with Crippen LogP contribution in [0.15, 0.2) is 24.5 Å². The van der Waals surface area contributed by atoms with Crippen LogP contribution in [0.5, 0.6) is 0 Å². The van der Waals surface area contributed by atoms with Crippen LogP contribution in [0.25, 0.3) is 0 Å². The third-order valence-electron chi connectivity index (χ3n) is 7.61. The predicted molar refractivity (Wildman–Crippen MR) is 135 cm³/mol. The number of halogens is 1. The van der Waals surface area contributed by atoms with E-state index >= 15 is 0 Å². The minimum absolute atomic E-state index is 0.164. The van der Waals surface area contributed by atoms with E-state index in [-0.39, 0.29) is 5.91 Å². The summed E-state index contributed by atoms with van der Waals surface area (Å²) in [4.78, 5) is 36.5. The van der Waals surface area contributed by atoms with E-state index in [2.05, 4.69) is 25.6 Å². The topological polar surface area (TPSA) is 112 Å². The molecule has 3 aliphatic rings. The summed E-state index contributed by atoms with van der Waals surface area (Å²) in [7, 11) is 0. The van der Waals surface area contributed by atoms with Crippen molar-refractivity contribution in [3.8, 4) is 0 Å². The second kappa shape index (κ2) is 9.83. The number of hydrogen-bond donors (Lipinski definition) is 3. The van der Waals surface area contributed by atoms with E-state index in [4.69, 9.17) is 9.97 Å². The van der Waals surface area contributed by atoms with Crippen molar-refractivity contribution in [1.29, 1.82) is 0 Å². The van der Waals surface area contributed by atoms with Gasteiger partial charge in [-0.1, -0.05) is 19.3 Å². The average molecular weight is 491 g/mol. The highest BCUT2D eigenvalue weighted by molar-refractivity contribution is 5.96. The zero-order chi connectivity index (χ0) is 24.5. The van der Waals surface area contributed by atoms with Crippen molar-refractivity contribution in [2.24, 2.45) is 0 Å². The van der Waals surface area contributed by atoms with Crippen molar-refractivity contribution < 1.29 is 9.18 Å². The predicted octanol–water partition coefficient (Wildman–Crippen LogP) is 4.62. The molecule has 0 aromatic carbocycles. The molecule has 3 aromatic rings. The Kier molecular flexibility index (Phi) is 6.25. The molecule has 1 aliphatic heterocycles. The summed E-state index contributed by atoms with van der Waals surface area (Å²) in [5.41, 5.74) is 3.83. The Balaban J connectivity index is 1.23. The Morgan fingerprint density at radius 2 is 1.89 bits per heavy atom. The maximum absolute atomic E-state index is 13.1. The second-order valence-electron chi connectivity index (χ2n) is 10.0. The van der Waals surface area contributed by atoms with Crippen molar-refractivity contribution in [1.82, 2.24) is 24.9 Å². The lowest BCUT2D eigenvalue weighted by Crippen LogP contribution is -2.40. The molecule has 0 radical (unpaired) electrons. The molecule has 3 aromatic heterocycles. The number of carbonyl (C=O) groups is 1. The highest BCUT2D eigenvalue weighted by atomic mass is 19.1. The molecule has 1 saturated carbocycles. The molecule has 188 valence electrons. The van der Waals surface area contributed by atoms with Crippen molar-refractivity contribution in [3.63, 3.8) is 0 Å². The van der Waals surface area contributed by atoms with Gasteiger partial charge in [-0.05, 0) is 57.1 Å². The second-order valence-corrected chi connectivity index (χ2v) is 10.0. The van der Waals surface area contributed by atoms with E-state index in [0.717, 1.165) is 42.8 Å². The van der Waals surface area contributed by atoms with Gasteiger partial charge in [0.2, 0.25) is 23.8 Å². The number of pyridine rings is 1. The average Bonchev–Trinajstić information content (AvgIpc) is 3.66. The van der Waals surface area contributed by atoms with Crippen LogP contribution in [0.1, 0.15) is 74.2 Å². The number of amides is 1. The number of nitrogens with zero attached hydrogens (tertiary/aromatic N) is 5. The van der Waals surface area contributed by atoms with Gasteiger partial charge in [0, 0.05) is 23.7 Å². The molecule has 4 heterocycles. The number of carbonyl (C=O) groups excluding carboxylic acids is 1. The number of H-pyrrole nitrogens is 1. The summed E-state index contributed by atoms with van der Waals surface area (Å²) in [6, 6.07) is 2.35. The summed E-state index contributed by atoms with van der Waals surface area (Å²) < 4.78 is 13.1. The molecule has 1 saturated heterocycles. The van der Waals surface area contributed by atoms with E-state index in [1.165, 1.54) is 56.1 Å². The van der Waals surface area contributed by atoms with Crippen LogP contribution < -0.4 is 15.5 Å². The Bertz CT molecular complexity index is 1240. The van der Waals surface area contributed by atoms with Gasteiger partial charge in [-0.25, -0.2) is 15.0 Å². The summed E-state index contributed by atoms with van der Waals surface area (Å²) in [6.07, 6.45) is 14.0. The van der Waals surface area contributed by atoms with Crippen LogP contribution in [0.3, 0.4) is 0 Å². The minimum Gasteiger partial charge on any atom is -0.329 e. The summed E-state index contributed by atoms with van der Waals surface area (Å²) in [5, 5.41) is 6.28. The molecular weight excluding hydrogens is 459 g/mol. The Labute approximate surface area is 209 Å². The molecule has 2 aliphatic carbocycles. The third-order valence-corrected chi connectivity index (χ3v) is 7.61. The quantitative estimate of drug-likeness (QED) is 0.432. The summed E-state index contributed by atoms with van der Waals surface area (Å²) >= 11 is 0. The van der Waals surface area contributed by atoms with Crippen molar-refractivity contribution >= 4 is 29.3 Å². The van der Waals surface area contributed by atoms with Crippen LogP contribution in [0.4, 0.5) is 27.8 Å². The third kappa shape index (κ3) is 4.64. The number of rotatable bonds is 6. The molecule has 6 rings (SSSR count). The molecule has 9 nitrogen and oxygen atoms in total. The van der Waals surface area contributed by atoms with Gasteiger partial charge >= 0.3 is 0 Å². The van der Waals surface area contributed by atoms with E-state index in [1.807, 2.05) is 11.1 Å². The van der Waals surface area contributed by atoms with Gasteiger partial charge in [0.15, 0.2) is 0 Å². The summed E-state index contributed by atoms with van der Waals surface area (Å²) in [6.45, 7) is 0.699. The van der Waals surface area contributed by atoms with Crippen LogP contribution in [0, 0.1) is 5.95 Å². The minimum atomic E-state index is -0.579. The molecule has 3 N–H and O–H groups in total. The van der Waals surface area contributed by atoms with Gasteiger partial charge < -0.3 is 20.5 Å². The van der Waals surface area contributed by atoms with Crippen molar-refractivity contribution in [2.45, 2.75) is 76.2 Å². The lowest BCUT2D eigenvalue weighted by molar-refractivity contribution is -0.117. The molecule has 0 spiro atoms. The number of aromatic nitrogens is 5. The van der Waals surface area contributed by atoms with Gasteiger partial charge in [-0.15, -0.1) is 0 Å². The van der Waals surface area contributed by atoms with Gasteiger partial charge in [-0.3, -0.25) is 4.79 Å². The Hall–Kier alpha value is -3.56. The van der Waals surface area contributed by atoms with Crippen LogP contribution in [0.2, 0.25) is 0 Å². The Morgan fingerprint density at radius 3 is 2.72 bits per heavy atom. The largest absolute Gasteiger partial charge is 0.329 e. The first kappa shape index (κ1) is 22.9. The zero-order valence-corrected chi connectivity index (χ0v) is 20.3. The number of nitrogens with one attached hydrogen (secondary N) is 3. The van der Waals surface area contributed by atoms with Gasteiger partial charge in [0.05, 0.1) is 23.8 Å². The highest BCUT2D eigenvalue weighted by Crippen LogP contribution is 2.34. The number of aromatic amines is 1. The smallest absolute Gasteiger partial charge is 0.247 e. The maximum atomic E-state index is 13.1. The monoisotopic (exact) mass is 490 g/mol. The zero-order valence-electron chi connectivity index (χ0n) is 20.3. The lowest BCUT2D eigenvalue weighted by Gasteiger charge is -2.25. The highest BCUT2D eigenvalue weighted by Gasteiger charge is 2.34. The maximum Gasteiger partial charge on any atom is 0.247 e. The molecule has 36 heavy (non-hydrogen) atoms. The van der Waals surface area contributed by atoms with Crippen LogP contribution in [-0.4, -0.2) is 43.4 Å². The number of aryl methyl sites for hydroxylation is 1. The van der Waals surface area contributed by atoms with E-state index in [1.54, 1.807) is 0 Å². The molecule has 2 fully saturated rings. The Morgan fingerprint density at radius 1 is 1.00 bits per heavy atom. The first-order valence-electron chi connectivity index (χ1n) is 13.0. The number of hydrogen-bond acceptors (Lipinski definition) is 7. The van der Waals surface area contributed by atoms with E-state index in [0.29, 0.717) is 36.5 Å². The molecular formula is C26H31FN8O. The van der Waals surface area contributed by atoms with Crippen LogP contribution >= 0.6 is 0 Å². The number of fused-ring (bicyclic) bond motifs is 1. The van der Waals surface area contributed by atoms with Gasteiger partial charge in [0.25, 0.3) is 0 Å². The van der Waals surface area contributed by atoms with Gasteiger partial charge in [-0.2, -0.15) is 9.37 Å². The molecule has 10 heteroatoms. The molecule has 0 bridgehead atoms. The fourth-order valence-electron chi connectivity index (χ4n) is 5.74. The van der Waals surface area contributed by atoms with Gasteiger partial charge in [0.1, 0.15) is 11.9 Å².